The third-order valence-electron chi connectivity index (χ3n) is 2.99. The fraction of sp³-hybridized carbons (Fsp3) is 0.417. The van der Waals surface area contributed by atoms with Crippen molar-refractivity contribution in [3.05, 3.63) is 23.8 Å². The van der Waals surface area contributed by atoms with Crippen molar-refractivity contribution in [2.75, 3.05) is 22.9 Å². The normalized spacial score (nSPS) is 20.5. The lowest BCUT2D eigenvalue weighted by molar-refractivity contribution is -0.117. The lowest BCUT2D eigenvalue weighted by atomic mass is 10.1. The van der Waals surface area contributed by atoms with Crippen LogP contribution in [0.4, 0.5) is 11.4 Å². The molecule has 1 fully saturated rings. The fourth-order valence-corrected chi connectivity index (χ4v) is 2.30. The summed E-state index contributed by atoms with van der Waals surface area (Å²) in [5, 5.41) is 0. The zero-order valence-corrected chi connectivity index (χ0v) is 10.2. The van der Waals surface area contributed by atoms with Crippen LogP contribution in [0.2, 0.25) is 0 Å². The number of hydrogen-bond acceptors (Lipinski definition) is 3. The van der Waals surface area contributed by atoms with E-state index in [2.05, 4.69) is 12.6 Å². The zero-order chi connectivity index (χ0) is 11.7. The minimum Gasteiger partial charge on any atom is -0.399 e. The zero-order valence-electron chi connectivity index (χ0n) is 9.31. The quantitative estimate of drug-likeness (QED) is 0.608. The van der Waals surface area contributed by atoms with Gasteiger partial charge < -0.3 is 10.6 Å². The highest BCUT2D eigenvalue weighted by Crippen LogP contribution is 2.29. The van der Waals surface area contributed by atoms with Gasteiger partial charge in [0.15, 0.2) is 0 Å². The second kappa shape index (κ2) is 4.37. The standard InChI is InChI=1S/C12H16N2OS/c1-8-2-3-10(13)5-11(8)14-6-9(7-16)4-12(14)15/h2-3,5,9,16H,4,6-7,13H2,1H3. The second-order valence-corrected chi connectivity index (χ2v) is 4.67. The maximum Gasteiger partial charge on any atom is 0.227 e. The number of anilines is 2. The van der Waals surface area contributed by atoms with Crippen LogP contribution in [0.25, 0.3) is 0 Å². The average molecular weight is 236 g/mol. The second-order valence-electron chi connectivity index (χ2n) is 4.30. The molecule has 0 radical (unpaired) electrons. The van der Waals surface area contributed by atoms with Gasteiger partial charge in [0.25, 0.3) is 0 Å². The summed E-state index contributed by atoms with van der Waals surface area (Å²) in [6, 6.07) is 5.68. The van der Waals surface area contributed by atoms with Gasteiger partial charge in [-0.15, -0.1) is 0 Å². The van der Waals surface area contributed by atoms with Crippen LogP contribution >= 0.6 is 12.6 Å². The number of thiol groups is 1. The molecule has 16 heavy (non-hydrogen) atoms. The van der Waals surface area contributed by atoms with Crippen molar-refractivity contribution in [2.45, 2.75) is 13.3 Å². The minimum absolute atomic E-state index is 0.174. The fourth-order valence-electron chi connectivity index (χ4n) is 2.05. The van der Waals surface area contributed by atoms with Gasteiger partial charge in [-0.3, -0.25) is 4.79 Å². The first-order valence-corrected chi connectivity index (χ1v) is 6.02. The van der Waals surface area contributed by atoms with E-state index in [1.807, 2.05) is 30.0 Å². The molecule has 1 saturated heterocycles. The number of amides is 1. The third kappa shape index (κ3) is 2.02. The van der Waals surface area contributed by atoms with Crippen LogP contribution in [0.1, 0.15) is 12.0 Å². The number of benzene rings is 1. The van der Waals surface area contributed by atoms with E-state index in [1.54, 1.807) is 0 Å². The molecule has 86 valence electrons. The van der Waals surface area contributed by atoms with Crippen molar-refractivity contribution in [3.8, 4) is 0 Å². The molecule has 4 heteroatoms. The molecule has 1 atom stereocenters. The van der Waals surface area contributed by atoms with Gasteiger partial charge in [0, 0.05) is 24.3 Å². The molecule has 1 aromatic rings. The van der Waals surface area contributed by atoms with Gasteiger partial charge in [-0.05, 0) is 36.3 Å². The van der Waals surface area contributed by atoms with Crippen molar-refractivity contribution < 1.29 is 4.79 Å². The topological polar surface area (TPSA) is 46.3 Å². The van der Waals surface area contributed by atoms with Crippen molar-refractivity contribution >= 4 is 29.9 Å². The first-order chi connectivity index (χ1) is 7.61. The maximum absolute atomic E-state index is 11.9. The van der Waals surface area contributed by atoms with Gasteiger partial charge in [0.05, 0.1) is 0 Å². The Morgan fingerprint density at radius 1 is 1.56 bits per heavy atom. The van der Waals surface area contributed by atoms with Gasteiger partial charge in [0.1, 0.15) is 0 Å². The third-order valence-corrected chi connectivity index (χ3v) is 3.50. The summed E-state index contributed by atoms with van der Waals surface area (Å²) in [6.07, 6.45) is 0.595. The van der Waals surface area contributed by atoms with E-state index in [-0.39, 0.29) is 5.91 Å². The Balaban J connectivity index is 2.30. The lowest BCUT2D eigenvalue weighted by Crippen LogP contribution is -2.25. The SMILES string of the molecule is Cc1ccc(N)cc1N1CC(CS)CC1=O. The highest BCUT2D eigenvalue weighted by atomic mass is 32.1. The maximum atomic E-state index is 11.9. The number of hydrogen-bond donors (Lipinski definition) is 2. The van der Waals surface area contributed by atoms with Gasteiger partial charge >= 0.3 is 0 Å². The van der Waals surface area contributed by atoms with Crippen LogP contribution in [0, 0.1) is 12.8 Å². The number of aryl methyl sites for hydroxylation is 1. The number of rotatable bonds is 2. The van der Waals surface area contributed by atoms with Crippen LogP contribution in [0.15, 0.2) is 18.2 Å². The molecule has 0 bridgehead atoms. The predicted octanol–water partition coefficient (Wildman–Crippen LogP) is 1.86. The molecule has 2 rings (SSSR count). The van der Waals surface area contributed by atoms with Gasteiger partial charge in [-0.25, -0.2) is 0 Å². The summed E-state index contributed by atoms with van der Waals surface area (Å²) in [4.78, 5) is 13.7. The first-order valence-electron chi connectivity index (χ1n) is 5.39. The van der Waals surface area contributed by atoms with E-state index in [0.29, 0.717) is 18.0 Å². The molecule has 2 N–H and O–H groups in total. The van der Waals surface area contributed by atoms with E-state index >= 15 is 0 Å². The van der Waals surface area contributed by atoms with Crippen LogP contribution in [0.3, 0.4) is 0 Å². The Kier molecular flexibility index (Phi) is 3.10. The molecule has 1 aromatic carbocycles. The molecule has 1 unspecified atom stereocenters. The van der Waals surface area contributed by atoms with Crippen molar-refractivity contribution in [1.29, 1.82) is 0 Å². The van der Waals surface area contributed by atoms with Gasteiger partial charge in [-0.2, -0.15) is 12.6 Å². The van der Waals surface area contributed by atoms with Crippen LogP contribution in [0.5, 0.6) is 0 Å². The molecule has 0 aromatic heterocycles. The summed E-state index contributed by atoms with van der Waals surface area (Å²) in [5.74, 6) is 1.29. The first kappa shape index (κ1) is 11.3. The molecule has 0 aliphatic carbocycles. The van der Waals surface area contributed by atoms with Crippen molar-refractivity contribution in [3.63, 3.8) is 0 Å². The van der Waals surface area contributed by atoms with Gasteiger partial charge in [-0.1, -0.05) is 6.07 Å². The largest absolute Gasteiger partial charge is 0.399 e. The molecule has 1 aliphatic heterocycles. The molecule has 1 heterocycles. The summed E-state index contributed by atoms with van der Waals surface area (Å²) in [6.45, 7) is 2.75. The molecular formula is C12H16N2OS. The number of carbonyl (C=O) groups is 1. The monoisotopic (exact) mass is 236 g/mol. The Bertz CT molecular complexity index is 419. The molecule has 1 aliphatic rings. The highest BCUT2D eigenvalue weighted by molar-refractivity contribution is 7.80. The Hall–Kier alpha value is -1.16. The van der Waals surface area contributed by atoms with Gasteiger partial charge in [0.2, 0.25) is 5.91 Å². The van der Waals surface area contributed by atoms with Crippen LogP contribution in [-0.2, 0) is 4.79 Å². The van der Waals surface area contributed by atoms with Crippen LogP contribution in [-0.4, -0.2) is 18.2 Å². The van der Waals surface area contributed by atoms with Crippen molar-refractivity contribution in [2.24, 2.45) is 5.92 Å². The molecule has 1 amide bonds. The molecule has 0 saturated carbocycles. The van der Waals surface area contributed by atoms with Crippen LogP contribution < -0.4 is 10.6 Å². The highest BCUT2D eigenvalue weighted by Gasteiger charge is 2.30. The van der Waals surface area contributed by atoms with E-state index in [4.69, 9.17) is 5.73 Å². The van der Waals surface area contributed by atoms with Crippen molar-refractivity contribution in [1.82, 2.24) is 0 Å². The summed E-state index contributed by atoms with van der Waals surface area (Å²) < 4.78 is 0. The van der Waals surface area contributed by atoms with E-state index in [1.165, 1.54) is 0 Å². The number of nitrogens with zero attached hydrogens (tertiary/aromatic N) is 1. The molecule has 0 spiro atoms. The smallest absolute Gasteiger partial charge is 0.227 e. The van der Waals surface area contributed by atoms with E-state index in [0.717, 1.165) is 23.5 Å². The minimum atomic E-state index is 0.174. The Labute approximate surface area is 101 Å². The summed E-state index contributed by atoms with van der Waals surface area (Å²) in [5.41, 5.74) is 8.48. The number of carbonyl (C=O) groups excluding carboxylic acids is 1. The summed E-state index contributed by atoms with van der Waals surface area (Å²) >= 11 is 4.25. The van der Waals surface area contributed by atoms with E-state index < -0.39 is 0 Å². The number of nitrogens with two attached hydrogens (primary N) is 1. The van der Waals surface area contributed by atoms with E-state index in [9.17, 15) is 4.79 Å². The number of nitrogen functional groups attached to an aromatic ring is 1. The molecular weight excluding hydrogens is 220 g/mol. The predicted molar refractivity (Wildman–Crippen MR) is 69.9 cm³/mol. The summed E-state index contributed by atoms with van der Waals surface area (Å²) in [7, 11) is 0. The Morgan fingerprint density at radius 3 is 2.94 bits per heavy atom. The average Bonchev–Trinajstić information content (AvgIpc) is 2.63. The lowest BCUT2D eigenvalue weighted by Gasteiger charge is -2.19. The molecule has 3 nitrogen and oxygen atoms in total. The Morgan fingerprint density at radius 2 is 2.31 bits per heavy atom.